The fraction of sp³-hybridized carbons (Fsp3) is 0.333. The summed E-state index contributed by atoms with van der Waals surface area (Å²) in [6.45, 7) is 1.39. The van der Waals surface area contributed by atoms with Gasteiger partial charge in [-0.2, -0.15) is 0 Å². The van der Waals surface area contributed by atoms with E-state index in [1.54, 1.807) is 16.7 Å². The largest absolute Gasteiger partial charge is 0.497 e. The zero-order valence-electron chi connectivity index (χ0n) is 22.0. The van der Waals surface area contributed by atoms with E-state index in [1.807, 2.05) is 78.9 Å². The van der Waals surface area contributed by atoms with E-state index in [0.717, 1.165) is 23.9 Å². The standard InChI is InChI=1S/C30H33N5O4/c1-38-24-12-7-11-23(19-24)29(30(37)31-20-25-13-8-18-39-25)34(17-16-22-9-3-2-4-10-22)28(36)21-35-27-15-6-5-14-26(27)32-33-35/h2-7,9-12,14-15,19,25,29H,8,13,16-18,20-21H2,1H3,(H,31,37)/t25-,29-/m1/s1. The molecule has 9 heteroatoms. The molecule has 1 aliphatic heterocycles. The lowest BCUT2D eigenvalue weighted by Crippen LogP contribution is -2.47. The van der Waals surface area contributed by atoms with Crippen molar-refractivity contribution in [2.75, 3.05) is 26.8 Å². The van der Waals surface area contributed by atoms with Gasteiger partial charge in [-0.3, -0.25) is 9.59 Å². The SMILES string of the molecule is COc1cccc([C@H](C(=O)NC[C@H]2CCCO2)N(CCc2ccccc2)C(=O)Cn2nnc3ccccc32)c1. The number of rotatable bonds is 11. The summed E-state index contributed by atoms with van der Waals surface area (Å²) in [6, 6.07) is 23.9. The Morgan fingerprint density at radius 2 is 1.92 bits per heavy atom. The molecule has 202 valence electrons. The van der Waals surface area contributed by atoms with Crippen LogP contribution in [0.25, 0.3) is 11.0 Å². The van der Waals surface area contributed by atoms with Gasteiger partial charge in [0.1, 0.15) is 23.9 Å². The first kappa shape index (κ1) is 26.4. The Labute approximate surface area is 227 Å². The van der Waals surface area contributed by atoms with Crippen LogP contribution in [0.4, 0.5) is 0 Å². The molecule has 1 N–H and O–H groups in total. The van der Waals surface area contributed by atoms with E-state index in [-0.39, 0.29) is 24.5 Å². The van der Waals surface area contributed by atoms with Gasteiger partial charge in [0.15, 0.2) is 0 Å². The number of nitrogens with one attached hydrogen (secondary N) is 1. The molecule has 1 aliphatic rings. The summed E-state index contributed by atoms with van der Waals surface area (Å²) in [6.07, 6.45) is 2.45. The minimum absolute atomic E-state index is 0.0186. The Morgan fingerprint density at radius 3 is 2.72 bits per heavy atom. The Morgan fingerprint density at radius 1 is 1.10 bits per heavy atom. The fourth-order valence-electron chi connectivity index (χ4n) is 4.95. The molecule has 0 saturated carbocycles. The van der Waals surface area contributed by atoms with Gasteiger partial charge in [0.25, 0.3) is 0 Å². The van der Waals surface area contributed by atoms with Crippen molar-refractivity contribution in [3.05, 3.63) is 90.0 Å². The van der Waals surface area contributed by atoms with Crippen molar-refractivity contribution in [1.82, 2.24) is 25.2 Å². The Bertz CT molecular complexity index is 1400. The molecule has 9 nitrogen and oxygen atoms in total. The molecule has 4 aromatic rings. The van der Waals surface area contributed by atoms with Gasteiger partial charge in [-0.1, -0.05) is 59.8 Å². The molecule has 2 amide bonds. The maximum atomic E-state index is 14.0. The number of benzene rings is 3. The predicted octanol–water partition coefficient (Wildman–Crippen LogP) is 3.55. The third kappa shape index (κ3) is 6.43. The van der Waals surface area contributed by atoms with Gasteiger partial charge in [-0.25, -0.2) is 4.68 Å². The van der Waals surface area contributed by atoms with Crippen LogP contribution >= 0.6 is 0 Å². The van der Waals surface area contributed by atoms with Gasteiger partial charge < -0.3 is 19.7 Å². The lowest BCUT2D eigenvalue weighted by atomic mass is 10.0. The van der Waals surface area contributed by atoms with E-state index < -0.39 is 6.04 Å². The van der Waals surface area contributed by atoms with Crippen LogP contribution in [0.2, 0.25) is 0 Å². The first-order valence-corrected chi connectivity index (χ1v) is 13.3. The smallest absolute Gasteiger partial charge is 0.247 e. The normalized spacial score (nSPS) is 15.7. The van der Waals surface area contributed by atoms with Crippen LogP contribution < -0.4 is 10.1 Å². The number of ether oxygens (including phenoxy) is 2. The number of carbonyl (C=O) groups is 2. The number of methoxy groups -OCH3 is 1. The quantitative estimate of drug-likeness (QED) is 0.320. The molecule has 1 fully saturated rings. The summed E-state index contributed by atoms with van der Waals surface area (Å²) in [7, 11) is 1.58. The minimum atomic E-state index is -0.868. The first-order chi connectivity index (χ1) is 19.1. The molecule has 0 aliphatic carbocycles. The van der Waals surface area contributed by atoms with Gasteiger partial charge in [-0.05, 0) is 54.7 Å². The summed E-state index contributed by atoms with van der Waals surface area (Å²) in [5.74, 6) is 0.118. The van der Waals surface area contributed by atoms with Crippen LogP contribution in [0.1, 0.15) is 30.0 Å². The zero-order chi connectivity index (χ0) is 27.0. The second kappa shape index (κ2) is 12.5. The summed E-state index contributed by atoms with van der Waals surface area (Å²) < 4.78 is 12.8. The van der Waals surface area contributed by atoms with Gasteiger partial charge in [0.2, 0.25) is 11.8 Å². The van der Waals surface area contributed by atoms with E-state index in [4.69, 9.17) is 9.47 Å². The van der Waals surface area contributed by atoms with E-state index in [0.29, 0.717) is 42.9 Å². The number of fused-ring (bicyclic) bond motifs is 1. The van der Waals surface area contributed by atoms with Crippen LogP contribution in [0, 0.1) is 0 Å². The summed E-state index contributed by atoms with van der Waals surface area (Å²) in [5, 5.41) is 11.5. The number of carbonyl (C=O) groups excluding carboxylic acids is 2. The van der Waals surface area contributed by atoms with E-state index in [9.17, 15) is 9.59 Å². The van der Waals surface area contributed by atoms with Crippen LogP contribution in [-0.2, 0) is 27.3 Å². The molecule has 0 bridgehead atoms. The maximum Gasteiger partial charge on any atom is 0.247 e. The molecule has 39 heavy (non-hydrogen) atoms. The molecule has 2 atom stereocenters. The van der Waals surface area contributed by atoms with Crippen molar-refractivity contribution in [3.8, 4) is 5.75 Å². The average Bonchev–Trinajstić information content (AvgIpc) is 3.65. The molecule has 3 aromatic carbocycles. The Hall–Kier alpha value is -4.24. The highest BCUT2D eigenvalue weighted by atomic mass is 16.5. The van der Waals surface area contributed by atoms with E-state index in [2.05, 4.69) is 15.6 Å². The summed E-state index contributed by atoms with van der Waals surface area (Å²) >= 11 is 0. The number of amides is 2. The van der Waals surface area contributed by atoms with Crippen LogP contribution in [-0.4, -0.2) is 64.6 Å². The highest BCUT2D eigenvalue weighted by Crippen LogP contribution is 2.26. The van der Waals surface area contributed by atoms with Crippen molar-refractivity contribution in [3.63, 3.8) is 0 Å². The number of aromatic nitrogens is 3. The number of nitrogens with zero attached hydrogens (tertiary/aromatic N) is 4. The van der Waals surface area contributed by atoms with Gasteiger partial charge in [-0.15, -0.1) is 5.10 Å². The van der Waals surface area contributed by atoms with Crippen molar-refractivity contribution in [1.29, 1.82) is 0 Å². The lowest BCUT2D eigenvalue weighted by Gasteiger charge is -2.32. The molecule has 1 saturated heterocycles. The van der Waals surface area contributed by atoms with Crippen molar-refractivity contribution in [2.24, 2.45) is 0 Å². The Kier molecular flexibility index (Phi) is 8.48. The molecule has 1 aromatic heterocycles. The molecule has 2 heterocycles. The molecule has 0 unspecified atom stereocenters. The molecule has 0 spiro atoms. The molecular weight excluding hydrogens is 494 g/mol. The second-order valence-corrected chi connectivity index (χ2v) is 9.62. The van der Waals surface area contributed by atoms with Gasteiger partial charge in [0, 0.05) is 19.7 Å². The van der Waals surface area contributed by atoms with Crippen molar-refractivity contribution >= 4 is 22.8 Å². The first-order valence-electron chi connectivity index (χ1n) is 13.3. The maximum absolute atomic E-state index is 14.0. The number of para-hydroxylation sites is 1. The summed E-state index contributed by atoms with van der Waals surface area (Å²) in [4.78, 5) is 29.5. The second-order valence-electron chi connectivity index (χ2n) is 9.62. The highest BCUT2D eigenvalue weighted by molar-refractivity contribution is 5.89. The van der Waals surface area contributed by atoms with Gasteiger partial charge in [0.05, 0.1) is 18.7 Å². The van der Waals surface area contributed by atoms with E-state index >= 15 is 0 Å². The zero-order valence-corrected chi connectivity index (χ0v) is 22.0. The number of hydrogen-bond acceptors (Lipinski definition) is 6. The van der Waals surface area contributed by atoms with Crippen LogP contribution in [0.3, 0.4) is 0 Å². The topological polar surface area (TPSA) is 98.6 Å². The minimum Gasteiger partial charge on any atom is -0.497 e. The van der Waals surface area contributed by atoms with Gasteiger partial charge >= 0.3 is 0 Å². The third-order valence-corrected chi connectivity index (χ3v) is 7.01. The van der Waals surface area contributed by atoms with Crippen LogP contribution in [0.15, 0.2) is 78.9 Å². The van der Waals surface area contributed by atoms with Crippen LogP contribution in [0.5, 0.6) is 5.75 Å². The fourth-order valence-corrected chi connectivity index (χ4v) is 4.95. The third-order valence-electron chi connectivity index (χ3n) is 7.01. The average molecular weight is 528 g/mol. The molecule has 5 rings (SSSR count). The molecular formula is C30H33N5O4. The van der Waals surface area contributed by atoms with E-state index in [1.165, 1.54) is 0 Å². The van der Waals surface area contributed by atoms with Crippen molar-refractivity contribution in [2.45, 2.75) is 38.0 Å². The van der Waals surface area contributed by atoms with Crippen molar-refractivity contribution < 1.29 is 19.1 Å². The predicted molar refractivity (Wildman–Crippen MR) is 147 cm³/mol. The Balaban J connectivity index is 1.47. The summed E-state index contributed by atoms with van der Waals surface area (Å²) in [5.41, 5.74) is 3.21. The number of hydrogen-bond donors (Lipinski definition) is 1. The monoisotopic (exact) mass is 527 g/mol. The molecule has 0 radical (unpaired) electrons. The lowest BCUT2D eigenvalue weighted by molar-refractivity contribution is -0.141. The highest BCUT2D eigenvalue weighted by Gasteiger charge is 2.32.